The van der Waals surface area contributed by atoms with E-state index in [2.05, 4.69) is 16.4 Å². The van der Waals surface area contributed by atoms with E-state index in [1.807, 2.05) is 47.1 Å². The van der Waals surface area contributed by atoms with Gasteiger partial charge in [0.25, 0.3) is 0 Å². The van der Waals surface area contributed by atoms with Crippen LogP contribution in [0.5, 0.6) is 0 Å². The third-order valence-electron chi connectivity index (χ3n) is 2.99. The zero-order chi connectivity index (χ0) is 12.4. The molecular weight excluding hydrogens is 224 g/mol. The van der Waals surface area contributed by atoms with Crippen LogP contribution in [0.1, 0.15) is 5.56 Å². The van der Waals surface area contributed by atoms with Gasteiger partial charge < -0.3 is 5.73 Å². The van der Waals surface area contributed by atoms with Crippen LogP contribution in [0.3, 0.4) is 0 Å². The Hall–Kier alpha value is -2.20. The van der Waals surface area contributed by atoms with Gasteiger partial charge in [-0.15, -0.1) is 5.10 Å². The van der Waals surface area contributed by atoms with Gasteiger partial charge in [0.15, 0.2) is 0 Å². The lowest BCUT2D eigenvalue weighted by molar-refractivity contribution is 0.808. The first-order valence-electron chi connectivity index (χ1n) is 5.99. The van der Waals surface area contributed by atoms with Crippen molar-refractivity contribution in [3.8, 4) is 5.69 Å². The van der Waals surface area contributed by atoms with Crippen molar-refractivity contribution in [2.24, 2.45) is 5.73 Å². The van der Waals surface area contributed by atoms with Gasteiger partial charge in [0.1, 0.15) is 5.52 Å². The number of nitrogens with two attached hydrogens (primary N) is 1. The van der Waals surface area contributed by atoms with E-state index in [1.165, 1.54) is 5.56 Å². The van der Waals surface area contributed by atoms with Crippen LogP contribution < -0.4 is 5.73 Å². The van der Waals surface area contributed by atoms with Crippen LogP contribution in [0.2, 0.25) is 0 Å². The maximum Gasteiger partial charge on any atom is 0.113 e. The van der Waals surface area contributed by atoms with Crippen molar-refractivity contribution in [3.63, 3.8) is 0 Å². The molecule has 2 N–H and O–H groups in total. The van der Waals surface area contributed by atoms with Crippen molar-refractivity contribution in [2.75, 3.05) is 6.54 Å². The van der Waals surface area contributed by atoms with E-state index < -0.39 is 0 Å². The van der Waals surface area contributed by atoms with Gasteiger partial charge in [-0.2, -0.15) is 0 Å². The summed E-state index contributed by atoms with van der Waals surface area (Å²) in [7, 11) is 0. The summed E-state index contributed by atoms with van der Waals surface area (Å²) in [5, 5.41) is 8.41. The summed E-state index contributed by atoms with van der Waals surface area (Å²) in [6, 6.07) is 16.1. The third-order valence-corrected chi connectivity index (χ3v) is 2.99. The highest BCUT2D eigenvalue weighted by atomic mass is 15.4. The fourth-order valence-electron chi connectivity index (χ4n) is 2.13. The number of benzene rings is 2. The number of hydrogen-bond acceptors (Lipinski definition) is 3. The minimum atomic E-state index is 0.629. The van der Waals surface area contributed by atoms with E-state index in [0.717, 1.165) is 23.1 Å². The molecule has 0 saturated heterocycles. The van der Waals surface area contributed by atoms with Crippen LogP contribution in [-0.2, 0) is 6.42 Å². The Morgan fingerprint density at radius 1 is 1.00 bits per heavy atom. The molecule has 3 rings (SSSR count). The Morgan fingerprint density at radius 3 is 2.67 bits per heavy atom. The molecule has 0 spiro atoms. The van der Waals surface area contributed by atoms with Gasteiger partial charge >= 0.3 is 0 Å². The molecule has 1 aromatic heterocycles. The van der Waals surface area contributed by atoms with Gasteiger partial charge in [0, 0.05) is 0 Å². The summed E-state index contributed by atoms with van der Waals surface area (Å²) in [5.74, 6) is 0. The van der Waals surface area contributed by atoms with Crippen molar-refractivity contribution in [3.05, 3.63) is 54.1 Å². The van der Waals surface area contributed by atoms with Crippen molar-refractivity contribution in [1.29, 1.82) is 0 Å². The number of nitrogens with zero attached hydrogens (tertiary/aromatic N) is 3. The lowest BCUT2D eigenvalue weighted by Crippen LogP contribution is -2.07. The monoisotopic (exact) mass is 238 g/mol. The summed E-state index contributed by atoms with van der Waals surface area (Å²) < 4.78 is 1.88. The van der Waals surface area contributed by atoms with Crippen molar-refractivity contribution in [2.45, 2.75) is 6.42 Å². The predicted octanol–water partition coefficient (Wildman–Crippen LogP) is 1.92. The van der Waals surface area contributed by atoms with E-state index in [4.69, 9.17) is 5.73 Å². The fourth-order valence-corrected chi connectivity index (χ4v) is 2.13. The van der Waals surface area contributed by atoms with Crippen LogP contribution in [0.15, 0.2) is 48.5 Å². The molecule has 0 aliphatic heterocycles. The molecule has 90 valence electrons. The van der Waals surface area contributed by atoms with Crippen LogP contribution >= 0.6 is 0 Å². The molecule has 1 heterocycles. The quantitative estimate of drug-likeness (QED) is 0.758. The van der Waals surface area contributed by atoms with Gasteiger partial charge in [0.2, 0.25) is 0 Å². The highest BCUT2D eigenvalue weighted by Gasteiger charge is 2.08. The van der Waals surface area contributed by atoms with E-state index in [9.17, 15) is 0 Å². The van der Waals surface area contributed by atoms with Crippen molar-refractivity contribution >= 4 is 11.0 Å². The van der Waals surface area contributed by atoms with Crippen molar-refractivity contribution in [1.82, 2.24) is 15.0 Å². The van der Waals surface area contributed by atoms with Gasteiger partial charge in [-0.25, -0.2) is 4.68 Å². The highest BCUT2D eigenvalue weighted by molar-refractivity contribution is 5.76. The number of aromatic nitrogens is 3. The standard InChI is InChI=1S/C14H14N4/c15-10-9-11-5-1-3-7-13(11)18-14-8-4-2-6-12(14)16-17-18/h1-8H,9-10,15H2. The molecule has 18 heavy (non-hydrogen) atoms. The van der Waals surface area contributed by atoms with Crippen LogP contribution in [0.4, 0.5) is 0 Å². The number of rotatable bonds is 3. The minimum Gasteiger partial charge on any atom is -0.330 e. The smallest absolute Gasteiger partial charge is 0.113 e. The summed E-state index contributed by atoms with van der Waals surface area (Å²) in [5.41, 5.74) is 9.81. The highest BCUT2D eigenvalue weighted by Crippen LogP contribution is 2.19. The summed E-state index contributed by atoms with van der Waals surface area (Å²) in [4.78, 5) is 0. The Morgan fingerprint density at radius 2 is 1.78 bits per heavy atom. The number of para-hydroxylation sites is 2. The molecule has 4 heteroatoms. The largest absolute Gasteiger partial charge is 0.330 e. The van der Waals surface area contributed by atoms with E-state index in [-0.39, 0.29) is 0 Å². The lowest BCUT2D eigenvalue weighted by atomic mass is 10.1. The Kier molecular flexibility index (Phi) is 2.78. The molecule has 0 radical (unpaired) electrons. The molecule has 0 atom stereocenters. The van der Waals surface area contributed by atoms with E-state index >= 15 is 0 Å². The molecular formula is C14H14N4. The van der Waals surface area contributed by atoms with E-state index in [1.54, 1.807) is 0 Å². The molecule has 4 nitrogen and oxygen atoms in total. The molecule has 0 aliphatic rings. The Labute approximate surface area is 105 Å². The van der Waals surface area contributed by atoms with Gasteiger partial charge in [-0.3, -0.25) is 0 Å². The zero-order valence-corrected chi connectivity index (χ0v) is 9.95. The Balaban J connectivity index is 2.20. The second-order valence-electron chi connectivity index (χ2n) is 4.16. The zero-order valence-electron chi connectivity index (χ0n) is 9.95. The molecule has 2 aromatic carbocycles. The summed E-state index contributed by atoms with van der Waals surface area (Å²) in [6.07, 6.45) is 0.838. The average molecular weight is 238 g/mol. The Bertz CT molecular complexity index is 672. The maximum absolute atomic E-state index is 5.65. The van der Waals surface area contributed by atoms with Crippen LogP contribution in [0, 0.1) is 0 Å². The van der Waals surface area contributed by atoms with Crippen LogP contribution in [-0.4, -0.2) is 21.5 Å². The first-order chi connectivity index (χ1) is 8.90. The summed E-state index contributed by atoms with van der Waals surface area (Å²) in [6.45, 7) is 0.629. The van der Waals surface area contributed by atoms with Gasteiger partial charge in [-0.05, 0) is 36.7 Å². The molecule has 0 saturated carbocycles. The maximum atomic E-state index is 5.65. The lowest BCUT2D eigenvalue weighted by Gasteiger charge is -2.08. The van der Waals surface area contributed by atoms with Crippen molar-refractivity contribution < 1.29 is 0 Å². The van der Waals surface area contributed by atoms with E-state index in [0.29, 0.717) is 6.54 Å². The molecule has 0 unspecified atom stereocenters. The second kappa shape index (κ2) is 4.58. The third kappa shape index (κ3) is 1.76. The topological polar surface area (TPSA) is 56.7 Å². The fraction of sp³-hybridized carbons (Fsp3) is 0.143. The first kappa shape index (κ1) is 10.9. The van der Waals surface area contributed by atoms with Gasteiger partial charge in [0.05, 0.1) is 11.2 Å². The molecule has 0 aliphatic carbocycles. The molecule has 3 aromatic rings. The predicted molar refractivity (Wildman–Crippen MR) is 71.6 cm³/mol. The molecule has 0 fully saturated rings. The number of fused-ring (bicyclic) bond motifs is 1. The molecule has 0 amide bonds. The van der Waals surface area contributed by atoms with Gasteiger partial charge in [-0.1, -0.05) is 35.5 Å². The van der Waals surface area contributed by atoms with Crippen LogP contribution in [0.25, 0.3) is 16.7 Å². The normalized spacial score (nSPS) is 10.9. The SMILES string of the molecule is NCCc1ccccc1-n1nnc2ccccc21. The number of hydrogen-bond donors (Lipinski definition) is 1. The summed E-state index contributed by atoms with van der Waals surface area (Å²) >= 11 is 0. The first-order valence-corrected chi connectivity index (χ1v) is 5.99. The second-order valence-corrected chi connectivity index (χ2v) is 4.16. The average Bonchev–Trinajstić information content (AvgIpc) is 2.84. The minimum absolute atomic E-state index is 0.629. The molecule has 0 bridgehead atoms.